The minimum atomic E-state index is -0.111. The fourth-order valence-electron chi connectivity index (χ4n) is 3.17. The zero-order valence-electron chi connectivity index (χ0n) is 13.9. The van der Waals surface area contributed by atoms with E-state index < -0.39 is 0 Å². The van der Waals surface area contributed by atoms with Gasteiger partial charge in [-0.1, -0.05) is 13.3 Å². The zero-order valence-corrected chi connectivity index (χ0v) is 13.9. The molecule has 0 saturated carbocycles. The average molecular weight is 316 g/mol. The van der Waals surface area contributed by atoms with Crippen LogP contribution in [0.1, 0.15) is 43.9 Å². The molecule has 0 radical (unpaired) electrons. The van der Waals surface area contributed by atoms with Gasteiger partial charge in [0.2, 0.25) is 5.91 Å². The molecular formula is C17H24N4O2. The van der Waals surface area contributed by atoms with Gasteiger partial charge in [-0.15, -0.1) is 0 Å². The second kappa shape index (κ2) is 6.56. The van der Waals surface area contributed by atoms with Gasteiger partial charge < -0.3 is 9.47 Å². The van der Waals surface area contributed by atoms with Crippen LogP contribution in [0.25, 0.3) is 5.52 Å². The van der Waals surface area contributed by atoms with Crippen molar-refractivity contribution in [3.63, 3.8) is 0 Å². The van der Waals surface area contributed by atoms with Crippen LogP contribution in [0.5, 0.6) is 0 Å². The number of aryl methyl sites for hydroxylation is 2. The summed E-state index contributed by atoms with van der Waals surface area (Å²) in [6.07, 6.45) is 9.55. The number of amides is 1. The summed E-state index contributed by atoms with van der Waals surface area (Å²) in [5, 5.41) is 4.52. The highest BCUT2D eigenvalue weighted by Crippen LogP contribution is 2.22. The molecule has 2 aromatic rings. The number of fused-ring (bicyclic) bond motifs is 3. The first-order chi connectivity index (χ1) is 11.1. The molecule has 6 nitrogen and oxygen atoms in total. The van der Waals surface area contributed by atoms with Crippen LogP contribution in [-0.4, -0.2) is 38.6 Å². The number of unbranched alkanes of at least 4 members (excludes halogenated alkanes) is 1. The van der Waals surface area contributed by atoms with Crippen LogP contribution >= 0.6 is 0 Å². The highest BCUT2D eigenvalue weighted by molar-refractivity contribution is 5.75. The molecule has 0 atom stereocenters. The van der Waals surface area contributed by atoms with Gasteiger partial charge >= 0.3 is 0 Å². The third-order valence-electron chi connectivity index (χ3n) is 4.61. The average Bonchev–Trinajstić information content (AvgIpc) is 2.94. The quantitative estimate of drug-likeness (QED) is 0.842. The van der Waals surface area contributed by atoms with Crippen LogP contribution < -0.4 is 5.56 Å². The number of carbonyl (C=O) groups is 1. The van der Waals surface area contributed by atoms with Gasteiger partial charge in [-0.3, -0.25) is 9.59 Å². The lowest BCUT2D eigenvalue weighted by Gasteiger charge is -2.17. The number of rotatable bonds is 5. The summed E-state index contributed by atoms with van der Waals surface area (Å²) < 4.78 is 3.19. The number of likely N-dealkylation sites (N-methyl/N-ethyl adjacent to an activating group) is 1. The van der Waals surface area contributed by atoms with Crippen molar-refractivity contribution in [1.82, 2.24) is 19.1 Å². The lowest BCUT2D eigenvalue weighted by atomic mass is 9.97. The maximum Gasteiger partial charge on any atom is 0.277 e. The number of hydrogen-bond acceptors (Lipinski definition) is 3. The van der Waals surface area contributed by atoms with E-state index in [1.807, 2.05) is 0 Å². The minimum Gasteiger partial charge on any atom is -0.344 e. The molecule has 0 spiro atoms. The second-order valence-electron chi connectivity index (χ2n) is 6.33. The maximum absolute atomic E-state index is 12.8. The Morgan fingerprint density at radius 2 is 2.09 bits per heavy atom. The number of hydrogen-bond donors (Lipinski definition) is 0. The summed E-state index contributed by atoms with van der Waals surface area (Å²) in [6.45, 7) is 2.92. The van der Waals surface area contributed by atoms with Gasteiger partial charge in [-0.2, -0.15) is 5.10 Å². The Morgan fingerprint density at radius 1 is 1.30 bits per heavy atom. The van der Waals surface area contributed by atoms with Gasteiger partial charge in [-0.05, 0) is 32.1 Å². The lowest BCUT2D eigenvalue weighted by Crippen LogP contribution is -2.34. The molecule has 0 aliphatic heterocycles. The van der Waals surface area contributed by atoms with E-state index in [4.69, 9.17) is 0 Å². The predicted octanol–water partition coefficient (Wildman–Crippen LogP) is 1.63. The molecule has 124 valence electrons. The topological polar surface area (TPSA) is 59.6 Å². The summed E-state index contributed by atoms with van der Waals surface area (Å²) in [5.41, 5.74) is 2.64. The smallest absolute Gasteiger partial charge is 0.277 e. The summed E-state index contributed by atoms with van der Waals surface area (Å²) in [7, 11) is 1.79. The van der Waals surface area contributed by atoms with Crippen molar-refractivity contribution in [3.8, 4) is 0 Å². The summed E-state index contributed by atoms with van der Waals surface area (Å²) in [5.74, 6) is -0.0294. The standard InChI is InChI=1S/C17H24N4O2/c1-3-4-9-19(2)15(22)12-20-10-11-21-16(17(20)23)13-7-5-6-8-14(13)18-21/h10-11H,3-9,12H2,1-2H3. The molecule has 1 aliphatic rings. The van der Waals surface area contributed by atoms with Crippen molar-refractivity contribution in [2.75, 3.05) is 13.6 Å². The number of aromatic nitrogens is 3. The normalized spacial score (nSPS) is 14.0. The highest BCUT2D eigenvalue weighted by atomic mass is 16.2. The molecule has 3 rings (SSSR count). The fraction of sp³-hybridized carbons (Fsp3) is 0.588. The van der Waals surface area contributed by atoms with E-state index in [0.29, 0.717) is 5.52 Å². The largest absolute Gasteiger partial charge is 0.344 e. The number of nitrogens with zero attached hydrogens (tertiary/aromatic N) is 4. The van der Waals surface area contributed by atoms with Crippen LogP contribution in [0.15, 0.2) is 17.2 Å². The van der Waals surface area contributed by atoms with E-state index in [1.165, 1.54) is 4.57 Å². The SMILES string of the molecule is CCCCN(C)C(=O)Cn1ccn2nc3c(c2c1=O)CCCC3. The third-order valence-corrected chi connectivity index (χ3v) is 4.61. The van der Waals surface area contributed by atoms with Gasteiger partial charge in [0.25, 0.3) is 5.56 Å². The molecule has 0 unspecified atom stereocenters. The van der Waals surface area contributed by atoms with E-state index >= 15 is 0 Å². The fourth-order valence-corrected chi connectivity index (χ4v) is 3.17. The van der Waals surface area contributed by atoms with Crippen molar-refractivity contribution in [1.29, 1.82) is 0 Å². The summed E-state index contributed by atoms with van der Waals surface area (Å²) >= 11 is 0. The van der Waals surface area contributed by atoms with Crippen molar-refractivity contribution < 1.29 is 4.79 Å². The van der Waals surface area contributed by atoms with Crippen LogP contribution in [0.2, 0.25) is 0 Å². The van der Waals surface area contributed by atoms with Crippen molar-refractivity contribution >= 4 is 11.4 Å². The molecule has 6 heteroatoms. The first-order valence-corrected chi connectivity index (χ1v) is 8.45. The molecule has 0 N–H and O–H groups in total. The van der Waals surface area contributed by atoms with Crippen molar-refractivity contribution in [2.45, 2.75) is 52.0 Å². The Morgan fingerprint density at radius 3 is 2.87 bits per heavy atom. The van der Waals surface area contributed by atoms with Crippen LogP contribution in [0, 0.1) is 0 Å². The van der Waals surface area contributed by atoms with E-state index in [0.717, 1.165) is 56.3 Å². The molecule has 0 saturated heterocycles. The second-order valence-corrected chi connectivity index (χ2v) is 6.33. The minimum absolute atomic E-state index is 0.0294. The van der Waals surface area contributed by atoms with Gasteiger partial charge in [0.1, 0.15) is 12.1 Å². The van der Waals surface area contributed by atoms with E-state index in [1.54, 1.807) is 28.9 Å². The van der Waals surface area contributed by atoms with Crippen molar-refractivity contribution in [3.05, 3.63) is 34.0 Å². The lowest BCUT2D eigenvalue weighted by molar-refractivity contribution is -0.130. The van der Waals surface area contributed by atoms with Gasteiger partial charge in [-0.25, -0.2) is 4.52 Å². The molecule has 2 aromatic heterocycles. The number of carbonyl (C=O) groups excluding carboxylic acids is 1. The molecular weight excluding hydrogens is 292 g/mol. The monoisotopic (exact) mass is 316 g/mol. The van der Waals surface area contributed by atoms with E-state index in [9.17, 15) is 9.59 Å². The van der Waals surface area contributed by atoms with Gasteiger partial charge in [0, 0.05) is 31.5 Å². The molecule has 23 heavy (non-hydrogen) atoms. The Kier molecular flexibility index (Phi) is 4.50. The highest BCUT2D eigenvalue weighted by Gasteiger charge is 2.20. The van der Waals surface area contributed by atoms with E-state index in [2.05, 4.69) is 12.0 Å². The molecule has 2 heterocycles. The molecule has 1 amide bonds. The van der Waals surface area contributed by atoms with Crippen molar-refractivity contribution in [2.24, 2.45) is 0 Å². The van der Waals surface area contributed by atoms with Gasteiger partial charge in [0.05, 0.1) is 5.69 Å². The van der Waals surface area contributed by atoms with Crippen LogP contribution in [-0.2, 0) is 24.2 Å². The third kappa shape index (κ3) is 3.02. The molecule has 1 aliphatic carbocycles. The zero-order chi connectivity index (χ0) is 16.4. The predicted molar refractivity (Wildman–Crippen MR) is 88.6 cm³/mol. The first kappa shape index (κ1) is 15.8. The Hall–Kier alpha value is -2.11. The molecule has 0 aromatic carbocycles. The van der Waals surface area contributed by atoms with E-state index in [-0.39, 0.29) is 18.0 Å². The van der Waals surface area contributed by atoms with Crippen LogP contribution in [0.3, 0.4) is 0 Å². The summed E-state index contributed by atoms with van der Waals surface area (Å²) in [6, 6.07) is 0. The van der Waals surface area contributed by atoms with Crippen LogP contribution in [0.4, 0.5) is 0 Å². The molecule has 0 bridgehead atoms. The first-order valence-electron chi connectivity index (χ1n) is 8.45. The maximum atomic E-state index is 12.8. The summed E-state index contributed by atoms with van der Waals surface area (Å²) in [4.78, 5) is 26.7. The van der Waals surface area contributed by atoms with Gasteiger partial charge in [0.15, 0.2) is 0 Å². The Bertz CT molecular complexity index is 775. The Balaban J connectivity index is 1.89. The molecule has 0 fully saturated rings. The Labute approximate surface area is 135 Å².